The van der Waals surface area contributed by atoms with Gasteiger partial charge in [-0.05, 0) is 61.0 Å². The molecule has 0 radical (unpaired) electrons. The van der Waals surface area contributed by atoms with Gasteiger partial charge in [-0.15, -0.1) is 0 Å². The predicted octanol–water partition coefficient (Wildman–Crippen LogP) is 6.52. The monoisotopic (exact) mass is 384 g/mol. The van der Waals surface area contributed by atoms with Gasteiger partial charge in [-0.1, -0.05) is 47.5 Å². The van der Waals surface area contributed by atoms with Gasteiger partial charge in [0.1, 0.15) is 18.2 Å². The molecule has 132 valence electrons. The topological polar surface area (TPSA) is 33.6 Å². The van der Waals surface area contributed by atoms with Crippen molar-refractivity contribution in [1.29, 1.82) is 0 Å². The van der Waals surface area contributed by atoms with Crippen LogP contribution in [0.4, 0.5) is 11.4 Å². The van der Waals surface area contributed by atoms with Crippen molar-refractivity contribution in [2.45, 2.75) is 6.92 Å². The van der Waals surface area contributed by atoms with Crippen molar-refractivity contribution in [2.24, 2.45) is 4.99 Å². The number of hydrogen-bond acceptors (Lipinski definition) is 2. The van der Waals surface area contributed by atoms with Gasteiger partial charge in [-0.3, -0.25) is 0 Å². The molecule has 3 nitrogen and oxygen atoms in total. The van der Waals surface area contributed by atoms with Crippen LogP contribution in [0.3, 0.4) is 0 Å². The quantitative estimate of drug-likeness (QED) is 0.401. The second-order valence-electron chi connectivity index (χ2n) is 5.78. The lowest BCUT2D eigenvalue weighted by Gasteiger charge is -2.12. The molecule has 5 heteroatoms. The van der Waals surface area contributed by atoms with E-state index < -0.39 is 0 Å². The van der Waals surface area contributed by atoms with E-state index in [2.05, 4.69) is 10.3 Å². The molecule has 0 atom stereocenters. The lowest BCUT2D eigenvalue weighted by molar-refractivity contribution is 0.376. The molecule has 0 amide bonds. The smallest absolute Gasteiger partial charge is 0.146 e. The Morgan fingerprint density at radius 1 is 0.923 bits per heavy atom. The number of anilines is 1. The number of hydrogen-bond donors (Lipinski definition) is 1. The van der Waals surface area contributed by atoms with E-state index in [1.54, 1.807) is 6.07 Å². The summed E-state index contributed by atoms with van der Waals surface area (Å²) in [5, 5.41) is 4.55. The van der Waals surface area contributed by atoms with Crippen LogP contribution in [0.1, 0.15) is 5.56 Å². The van der Waals surface area contributed by atoms with Gasteiger partial charge in [0.15, 0.2) is 0 Å². The van der Waals surface area contributed by atoms with E-state index in [1.807, 2.05) is 73.7 Å². The Bertz CT molecular complexity index is 925. The van der Waals surface area contributed by atoms with Crippen molar-refractivity contribution in [3.8, 4) is 5.75 Å². The molecule has 1 N–H and O–H groups in total. The number of ether oxygens (including phenoxy) is 1. The predicted molar refractivity (Wildman–Crippen MR) is 110 cm³/mol. The second kappa shape index (κ2) is 8.75. The molecule has 0 unspecified atom stereocenters. The third kappa shape index (κ3) is 5.51. The standard InChI is InChI=1S/C21H18Cl2N2O/c1-15-5-2-10-20(11-15)26-14-21(24-18-8-3-6-16(22)12-18)25-19-9-4-7-17(23)13-19/h2-13H,14H2,1H3,(H,24,25). The number of nitrogens with one attached hydrogen (secondary N) is 1. The molecule has 0 aliphatic heterocycles. The van der Waals surface area contributed by atoms with E-state index in [4.69, 9.17) is 27.9 Å². The average molecular weight is 385 g/mol. The minimum atomic E-state index is 0.280. The van der Waals surface area contributed by atoms with Crippen LogP contribution in [0.15, 0.2) is 77.8 Å². The first-order valence-corrected chi connectivity index (χ1v) is 8.89. The second-order valence-corrected chi connectivity index (χ2v) is 6.65. The average Bonchev–Trinajstić information content (AvgIpc) is 2.60. The van der Waals surface area contributed by atoms with Crippen LogP contribution in [0, 0.1) is 6.92 Å². The lowest BCUT2D eigenvalue weighted by Crippen LogP contribution is -2.20. The van der Waals surface area contributed by atoms with Crippen molar-refractivity contribution >= 4 is 40.4 Å². The zero-order valence-electron chi connectivity index (χ0n) is 14.2. The molecule has 0 heterocycles. The molecule has 3 aromatic rings. The Hall–Kier alpha value is -2.49. The maximum atomic E-state index is 6.07. The summed E-state index contributed by atoms with van der Waals surface area (Å²) in [6.07, 6.45) is 0. The molecule has 0 bridgehead atoms. The van der Waals surface area contributed by atoms with E-state index in [9.17, 15) is 0 Å². The van der Waals surface area contributed by atoms with Gasteiger partial charge >= 0.3 is 0 Å². The molecule has 26 heavy (non-hydrogen) atoms. The van der Waals surface area contributed by atoms with E-state index in [1.165, 1.54) is 0 Å². The number of aliphatic imine (C=N–C) groups is 1. The lowest BCUT2D eigenvalue weighted by atomic mass is 10.2. The minimum absolute atomic E-state index is 0.280. The largest absolute Gasteiger partial charge is 0.486 e. The number of rotatable bonds is 5. The van der Waals surface area contributed by atoms with Crippen molar-refractivity contribution in [1.82, 2.24) is 0 Å². The van der Waals surface area contributed by atoms with Crippen molar-refractivity contribution < 1.29 is 4.74 Å². The summed E-state index contributed by atoms with van der Waals surface area (Å²) < 4.78 is 5.89. The van der Waals surface area contributed by atoms with Gasteiger partial charge < -0.3 is 10.1 Å². The van der Waals surface area contributed by atoms with E-state index in [0.29, 0.717) is 15.9 Å². The molecule has 0 saturated heterocycles. The highest BCUT2D eigenvalue weighted by atomic mass is 35.5. The van der Waals surface area contributed by atoms with Crippen LogP contribution in [-0.4, -0.2) is 12.4 Å². The van der Waals surface area contributed by atoms with Gasteiger partial charge in [-0.2, -0.15) is 0 Å². The fourth-order valence-corrected chi connectivity index (χ4v) is 2.76. The third-order valence-corrected chi connectivity index (χ3v) is 4.02. The first-order valence-electron chi connectivity index (χ1n) is 8.14. The fourth-order valence-electron chi connectivity index (χ4n) is 2.39. The molecule has 0 aromatic heterocycles. The summed E-state index contributed by atoms with van der Waals surface area (Å²) >= 11 is 12.1. The number of halogens is 2. The number of amidine groups is 1. The minimum Gasteiger partial charge on any atom is -0.486 e. The molecule has 0 aliphatic carbocycles. The van der Waals surface area contributed by atoms with Crippen LogP contribution in [-0.2, 0) is 0 Å². The van der Waals surface area contributed by atoms with Crippen molar-refractivity contribution in [3.05, 3.63) is 88.4 Å². The summed E-state index contributed by atoms with van der Waals surface area (Å²) in [5.41, 5.74) is 2.72. The molecular formula is C21H18Cl2N2O. The van der Waals surface area contributed by atoms with Gasteiger partial charge in [-0.25, -0.2) is 4.99 Å². The summed E-state index contributed by atoms with van der Waals surface area (Å²) in [6.45, 7) is 2.31. The van der Waals surface area contributed by atoms with Gasteiger partial charge in [0.2, 0.25) is 0 Å². The zero-order chi connectivity index (χ0) is 18.4. The maximum Gasteiger partial charge on any atom is 0.146 e. The molecule has 0 fully saturated rings. The molecular weight excluding hydrogens is 367 g/mol. The summed E-state index contributed by atoms with van der Waals surface area (Å²) in [6, 6.07) is 22.7. The van der Waals surface area contributed by atoms with Crippen LogP contribution in [0.2, 0.25) is 10.0 Å². The first-order chi connectivity index (χ1) is 12.6. The van der Waals surface area contributed by atoms with Crippen LogP contribution in [0.25, 0.3) is 0 Å². The normalized spacial score (nSPS) is 11.3. The Kier molecular flexibility index (Phi) is 6.16. The highest BCUT2D eigenvalue weighted by Crippen LogP contribution is 2.20. The van der Waals surface area contributed by atoms with Crippen molar-refractivity contribution in [3.63, 3.8) is 0 Å². The SMILES string of the molecule is Cc1cccc(OCC(=Nc2cccc(Cl)c2)Nc2cccc(Cl)c2)c1. The Balaban J connectivity index is 1.83. The Labute approximate surface area is 163 Å². The molecule has 0 aliphatic rings. The third-order valence-electron chi connectivity index (χ3n) is 3.55. The summed E-state index contributed by atoms with van der Waals surface area (Å²) in [7, 11) is 0. The fraction of sp³-hybridized carbons (Fsp3) is 0.0952. The summed E-state index contributed by atoms with van der Waals surface area (Å²) in [4.78, 5) is 4.63. The van der Waals surface area contributed by atoms with Crippen LogP contribution >= 0.6 is 23.2 Å². The van der Waals surface area contributed by atoms with Crippen LogP contribution in [0.5, 0.6) is 5.75 Å². The van der Waals surface area contributed by atoms with E-state index in [-0.39, 0.29) is 6.61 Å². The Morgan fingerprint density at radius 3 is 2.38 bits per heavy atom. The van der Waals surface area contributed by atoms with Gasteiger partial charge in [0.25, 0.3) is 0 Å². The highest BCUT2D eigenvalue weighted by Gasteiger charge is 2.05. The zero-order valence-corrected chi connectivity index (χ0v) is 15.8. The van der Waals surface area contributed by atoms with Crippen LogP contribution < -0.4 is 10.1 Å². The number of nitrogens with zero attached hydrogens (tertiary/aromatic N) is 1. The number of benzene rings is 3. The molecule has 3 aromatic carbocycles. The first kappa shape index (κ1) is 18.3. The maximum absolute atomic E-state index is 6.07. The highest BCUT2D eigenvalue weighted by molar-refractivity contribution is 6.31. The molecule has 0 saturated carbocycles. The van der Waals surface area contributed by atoms with Gasteiger partial charge in [0.05, 0.1) is 5.69 Å². The molecule has 0 spiro atoms. The van der Waals surface area contributed by atoms with Gasteiger partial charge in [0, 0.05) is 15.7 Å². The Morgan fingerprint density at radius 2 is 1.65 bits per heavy atom. The van der Waals surface area contributed by atoms with E-state index in [0.717, 1.165) is 22.7 Å². The van der Waals surface area contributed by atoms with Crippen molar-refractivity contribution in [2.75, 3.05) is 11.9 Å². The molecule has 3 rings (SSSR count). The summed E-state index contributed by atoms with van der Waals surface area (Å²) in [5.74, 6) is 1.44. The van der Waals surface area contributed by atoms with E-state index >= 15 is 0 Å². The number of aryl methyl sites for hydroxylation is 1.